The maximum absolute atomic E-state index is 12.9. The highest BCUT2D eigenvalue weighted by molar-refractivity contribution is 7.14. The lowest BCUT2D eigenvalue weighted by Crippen LogP contribution is -2.42. The van der Waals surface area contributed by atoms with E-state index in [2.05, 4.69) is 41.1 Å². The van der Waals surface area contributed by atoms with Crippen LogP contribution in [0, 0.1) is 12.8 Å². The summed E-state index contributed by atoms with van der Waals surface area (Å²) in [6, 6.07) is 1.04. The zero-order valence-electron chi connectivity index (χ0n) is 20.3. The van der Waals surface area contributed by atoms with Gasteiger partial charge in [-0.15, -0.1) is 11.3 Å². The lowest BCUT2D eigenvalue weighted by molar-refractivity contribution is -0.121. The Bertz CT molecular complexity index is 975. The van der Waals surface area contributed by atoms with Gasteiger partial charge in [0.25, 0.3) is 11.8 Å². The van der Waals surface area contributed by atoms with Crippen molar-refractivity contribution in [3.05, 3.63) is 28.2 Å². The molecular formula is C24H33F3N4O2S. The first kappa shape index (κ1) is 26.4. The molecule has 1 aliphatic heterocycles. The van der Waals surface area contributed by atoms with E-state index in [1.54, 1.807) is 0 Å². The summed E-state index contributed by atoms with van der Waals surface area (Å²) in [4.78, 5) is 32.9. The average Bonchev–Trinajstić information content (AvgIpc) is 3.14. The minimum atomic E-state index is -4.67. The molecule has 1 aromatic heterocycles. The summed E-state index contributed by atoms with van der Waals surface area (Å²) in [6.45, 7) is 6.25. The van der Waals surface area contributed by atoms with E-state index in [0.29, 0.717) is 17.6 Å². The van der Waals surface area contributed by atoms with Crippen molar-refractivity contribution in [2.75, 3.05) is 32.1 Å². The lowest BCUT2D eigenvalue weighted by atomic mass is 9.89. The molecule has 34 heavy (non-hydrogen) atoms. The van der Waals surface area contributed by atoms with E-state index < -0.39 is 23.7 Å². The van der Waals surface area contributed by atoms with Gasteiger partial charge in [0.2, 0.25) is 0 Å². The van der Waals surface area contributed by atoms with Gasteiger partial charge in [0.1, 0.15) is 5.71 Å². The van der Waals surface area contributed by atoms with Crippen LogP contribution in [-0.4, -0.2) is 67.9 Å². The molecule has 2 aliphatic rings. The summed E-state index contributed by atoms with van der Waals surface area (Å²) in [5.41, 5.74) is 0.458. The summed E-state index contributed by atoms with van der Waals surface area (Å²) in [5.74, 6) is -2.12. The molecule has 6 nitrogen and oxygen atoms in total. The number of alkyl halides is 3. The second-order valence-electron chi connectivity index (χ2n) is 9.28. The molecule has 1 atom stereocenters. The molecule has 2 amide bonds. The molecule has 1 saturated carbocycles. The van der Waals surface area contributed by atoms with Gasteiger partial charge >= 0.3 is 6.18 Å². The Morgan fingerprint density at radius 3 is 2.32 bits per heavy atom. The SMILES string of the molecule is CCN(c1scc(C(=O)NCC2C(=O)N=C(C(F)(F)F)C=C2C)c1C)C1CCC(N(C)C)CC1. The molecule has 1 unspecified atom stereocenters. The summed E-state index contributed by atoms with van der Waals surface area (Å²) in [7, 11) is 4.24. The molecule has 2 heterocycles. The molecule has 1 aliphatic carbocycles. The fourth-order valence-electron chi connectivity index (χ4n) is 4.79. The first-order valence-corrected chi connectivity index (χ1v) is 12.5. The zero-order chi connectivity index (χ0) is 25.2. The van der Waals surface area contributed by atoms with E-state index in [4.69, 9.17) is 0 Å². The van der Waals surface area contributed by atoms with Crippen molar-refractivity contribution in [1.29, 1.82) is 0 Å². The first-order chi connectivity index (χ1) is 15.9. The van der Waals surface area contributed by atoms with Crippen LogP contribution in [0.3, 0.4) is 0 Å². The minimum Gasteiger partial charge on any atom is -0.361 e. The Morgan fingerprint density at radius 1 is 1.18 bits per heavy atom. The van der Waals surface area contributed by atoms with Gasteiger partial charge in [-0.2, -0.15) is 13.2 Å². The largest absolute Gasteiger partial charge is 0.433 e. The number of carbonyl (C=O) groups is 2. The summed E-state index contributed by atoms with van der Waals surface area (Å²) in [6.07, 6.45) is 0.693. The van der Waals surface area contributed by atoms with Gasteiger partial charge in [0.05, 0.1) is 16.5 Å². The van der Waals surface area contributed by atoms with Crippen molar-refractivity contribution in [2.45, 2.75) is 64.7 Å². The molecule has 10 heteroatoms. The van der Waals surface area contributed by atoms with E-state index in [1.165, 1.54) is 18.3 Å². The molecule has 0 aromatic carbocycles. The van der Waals surface area contributed by atoms with E-state index in [9.17, 15) is 22.8 Å². The van der Waals surface area contributed by atoms with Crippen LogP contribution in [0.5, 0.6) is 0 Å². The normalized spacial score (nSPS) is 23.6. The molecule has 0 spiro atoms. The van der Waals surface area contributed by atoms with E-state index in [0.717, 1.165) is 48.9 Å². The van der Waals surface area contributed by atoms with E-state index in [1.807, 2.05) is 12.3 Å². The molecule has 0 radical (unpaired) electrons. The number of aliphatic imine (C=N–C) groups is 1. The van der Waals surface area contributed by atoms with Gasteiger partial charge in [-0.25, -0.2) is 4.99 Å². The topological polar surface area (TPSA) is 65.0 Å². The average molecular weight is 499 g/mol. The number of anilines is 1. The van der Waals surface area contributed by atoms with Crippen LogP contribution < -0.4 is 10.2 Å². The molecule has 1 fully saturated rings. The van der Waals surface area contributed by atoms with Gasteiger partial charge < -0.3 is 15.1 Å². The van der Waals surface area contributed by atoms with Crippen molar-refractivity contribution in [3.63, 3.8) is 0 Å². The molecule has 3 rings (SSSR count). The molecule has 1 aromatic rings. The number of thiophene rings is 1. The minimum absolute atomic E-state index is 0.0920. The standard InChI is InChI=1S/C24H33F3N4O2S/c1-6-31(17-9-7-16(8-10-17)30(4)5)23-15(3)19(13-34-23)21(32)28-12-18-14(2)11-20(24(25,26)27)29-22(18)33/h11,13,16-18H,6-10,12H2,1-5H3,(H,28,32). The molecule has 0 bridgehead atoms. The number of hydrogen-bond donors (Lipinski definition) is 1. The van der Waals surface area contributed by atoms with Crippen LogP contribution in [0.2, 0.25) is 0 Å². The van der Waals surface area contributed by atoms with Gasteiger partial charge in [-0.1, -0.05) is 5.57 Å². The molecular weight excluding hydrogens is 465 g/mol. The van der Waals surface area contributed by atoms with Gasteiger partial charge in [-0.05, 0) is 72.2 Å². The van der Waals surface area contributed by atoms with Crippen LogP contribution in [0.15, 0.2) is 22.0 Å². The van der Waals surface area contributed by atoms with Crippen LogP contribution in [0.25, 0.3) is 0 Å². The van der Waals surface area contributed by atoms with Crippen LogP contribution in [0.1, 0.15) is 55.5 Å². The fraction of sp³-hybridized carbons (Fsp3) is 0.625. The zero-order valence-corrected chi connectivity index (χ0v) is 21.1. The van der Waals surface area contributed by atoms with E-state index >= 15 is 0 Å². The Kier molecular flexibility index (Phi) is 8.23. The van der Waals surface area contributed by atoms with Crippen molar-refractivity contribution in [1.82, 2.24) is 10.2 Å². The highest BCUT2D eigenvalue weighted by Gasteiger charge is 2.39. The van der Waals surface area contributed by atoms with Crippen molar-refractivity contribution in [2.24, 2.45) is 10.9 Å². The van der Waals surface area contributed by atoms with Crippen molar-refractivity contribution < 1.29 is 22.8 Å². The number of nitrogens with zero attached hydrogens (tertiary/aromatic N) is 3. The summed E-state index contributed by atoms with van der Waals surface area (Å²) < 4.78 is 38.6. The number of halogens is 3. The highest BCUT2D eigenvalue weighted by atomic mass is 32.1. The van der Waals surface area contributed by atoms with Crippen LogP contribution in [-0.2, 0) is 4.79 Å². The van der Waals surface area contributed by atoms with Crippen molar-refractivity contribution >= 4 is 33.9 Å². The number of hydrogen-bond acceptors (Lipinski definition) is 5. The third-order valence-electron chi connectivity index (χ3n) is 6.90. The second-order valence-corrected chi connectivity index (χ2v) is 10.1. The third kappa shape index (κ3) is 5.71. The lowest BCUT2D eigenvalue weighted by Gasteiger charge is -2.39. The van der Waals surface area contributed by atoms with Crippen molar-refractivity contribution in [3.8, 4) is 0 Å². The molecule has 0 saturated heterocycles. The Balaban J connectivity index is 1.65. The van der Waals surface area contributed by atoms with E-state index in [-0.39, 0.29) is 18.0 Å². The Hall–Kier alpha value is -2.20. The number of nitrogens with one attached hydrogen (secondary N) is 1. The van der Waals surface area contributed by atoms with Crippen LogP contribution >= 0.6 is 11.3 Å². The smallest absolute Gasteiger partial charge is 0.361 e. The molecule has 188 valence electrons. The van der Waals surface area contributed by atoms with Gasteiger partial charge in [0.15, 0.2) is 0 Å². The number of rotatable bonds is 7. The Labute approximate surface area is 202 Å². The molecule has 1 N–H and O–H groups in total. The predicted octanol–water partition coefficient (Wildman–Crippen LogP) is 4.59. The fourth-order valence-corrected chi connectivity index (χ4v) is 6.00. The number of allylic oxidation sites excluding steroid dienone is 1. The quantitative estimate of drug-likeness (QED) is 0.597. The summed E-state index contributed by atoms with van der Waals surface area (Å²) in [5, 5.41) is 5.62. The van der Waals surface area contributed by atoms with Gasteiger partial charge in [0, 0.05) is 30.6 Å². The Morgan fingerprint density at radius 2 is 1.79 bits per heavy atom. The number of carbonyl (C=O) groups excluding carboxylic acids is 2. The first-order valence-electron chi connectivity index (χ1n) is 11.6. The monoisotopic (exact) mass is 498 g/mol. The third-order valence-corrected chi connectivity index (χ3v) is 8.01. The number of amides is 2. The highest BCUT2D eigenvalue weighted by Crippen LogP contribution is 2.36. The maximum Gasteiger partial charge on any atom is 0.433 e. The van der Waals surface area contributed by atoms with Crippen LogP contribution in [0.4, 0.5) is 18.2 Å². The van der Waals surface area contributed by atoms with Gasteiger partial charge in [-0.3, -0.25) is 9.59 Å². The predicted molar refractivity (Wildman–Crippen MR) is 130 cm³/mol. The second kappa shape index (κ2) is 10.6. The maximum atomic E-state index is 12.9. The summed E-state index contributed by atoms with van der Waals surface area (Å²) >= 11 is 1.53. The number of dihydropyridines is 1.